The molecule has 0 rings (SSSR count). The zero-order valence-corrected chi connectivity index (χ0v) is 9.36. The zero-order chi connectivity index (χ0) is 12.6. The average Bonchev–Trinajstić information content (AvgIpc) is 2.14. The van der Waals surface area contributed by atoms with Gasteiger partial charge in [0.05, 0.1) is 6.10 Å². The van der Waals surface area contributed by atoms with Gasteiger partial charge in [0.1, 0.15) is 0 Å². The van der Waals surface area contributed by atoms with Gasteiger partial charge in [-0.05, 0) is 13.3 Å². The van der Waals surface area contributed by atoms with Crippen molar-refractivity contribution in [3.63, 3.8) is 0 Å². The van der Waals surface area contributed by atoms with E-state index in [2.05, 4.69) is 0 Å². The average molecular weight is 228 g/mol. The van der Waals surface area contributed by atoms with Crippen LogP contribution in [0.4, 0.5) is 4.79 Å². The number of nitrogens with two attached hydrogens (primary N) is 1. The Bertz CT molecular complexity index is 299. The van der Waals surface area contributed by atoms with Crippen LogP contribution in [0, 0.1) is 0 Å². The van der Waals surface area contributed by atoms with Gasteiger partial charge in [0.2, 0.25) is 0 Å². The molecule has 6 nitrogen and oxygen atoms in total. The van der Waals surface area contributed by atoms with E-state index in [0.717, 1.165) is 25.0 Å². The van der Waals surface area contributed by atoms with Crippen molar-refractivity contribution in [3.8, 4) is 0 Å². The number of primary amides is 1. The Morgan fingerprint density at radius 3 is 2.50 bits per heavy atom. The van der Waals surface area contributed by atoms with Crippen LogP contribution in [0.3, 0.4) is 0 Å². The minimum absolute atomic E-state index is 0.193. The molecule has 0 saturated heterocycles. The van der Waals surface area contributed by atoms with E-state index in [1.807, 2.05) is 6.92 Å². The Balaban J connectivity index is 3.99. The quantitative estimate of drug-likeness (QED) is 0.527. The van der Waals surface area contributed by atoms with Gasteiger partial charge in [0.15, 0.2) is 0 Å². The molecule has 6 heteroatoms. The third-order valence-corrected chi connectivity index (χ3v) is 1.63. The number of imide groups is 1. The molecule has 3 N–H and O–H groups in total. The molecule has 0 unspecified atom stereocenters. The summed E-state index contributed by atoms with van der Waals surface area (Å²) in [6, 6.07) is -0.970. The van der Waals surface area contributed by atoms with Crippen molar-refractivity contribution in [3.05, 3.63) is 12.2 Å². The van der Waals surface area contributed by atoms with Crippen LogP contribution in [0.15, 0.2) is 12.2 Å². The highest BCUT2D eigenvalue weighted by molar-refractivity contribution is 6.02. The summed E-state index contributed by atoms with van der Waals surface area (Å²) in [6.07, 6.45) is 3.31. The Morgan fingerprint density at radius 1 is 1.38 bits per heavy atom. The van der Waals surface area contributed by atoms with Crippen LogP contribution < -0.4 is 11.1 Å². The van der Waals surface area contributed by atoms with Crippen molar-refractivity contribution in [1.29, 1.82) is 0 Å². The van der Waals surface area contributed by atoms with Crippen LogP contribution in [0.1, 0.15) is 26.7 Å². The van der Waals surface area contributed by atoms with E-state index < -0.39 is 17.9 Å². The number of carbonyl (C=O) groups excluding carboxylic acids is 3. The standard InChI is InChI=1S/C10H16N2O4/c1-3-4-7(2)16-9(14)6-5-8(13)12-10(11)15/h5-7H,3-4H2,1-2H3,(H3,11,12,13,15)/b6-5+/t7-/m1/s1. The van der Waals surface area contributed by atoms with Crippen LogP contribution >= 0.6 is 0 Å². The van der Waals surface area contributed by atoms with E-state index in [1.165, 1.54) is 0 Å². The van der Waals surface area contributed by atoms with Crippen LogP contribution in [0.25, 0.3) is 0 Å². The van der Waals surface area contributed by atoms with Crippen molar-refractivity contribution in [2.24, 2.45) is 5.73 Å². The molecular weight excluding hydrogens is 212 g/mol. The van der Waals surface area contributed by atoms with Crippen LogP contribution in [-0.4, -0.2) is 24.0 Å². The van der Waals surface area contributed by atoms with Crippen molar-refractivity contribution in [1.82, 2.24) is 5.32 Å². The first kappa shape index (κ1) is 14.2. The van der Waals surface area contributed by atoms with E-state index in [1.54, 1.807) is 12.2 Å². The lowest BCUT2D eigenvalue weighted by molar-refractivity contribution is -0.142. The summed E-state index contributed by atoms with van der Waals surface area (Å²) in [6.45, 7) is 3.74. The Hall–Kier alpha value is -1.85. The molecule has 0 heterocycles. The van der Waals surface area contributed by atoms with Gasteiger partial charge in [-0.25, -0.2) is 9.59 Å². The molecule has 0 bridgehead atoms. The fourth-order valence-corrected chi connectivity index (χ4v) is 1.01. The maximum atomic E-state index is 11.1. The minimum atomic E-state index is -0.970. The predicted octanol–water partition coefficient (Wildman–Crippen LogP) is 0.469. The molecule has 0 aliphatic heterocycles. The predicted molar refractivity (Wildman–Crippen MR) is 57.3 cm³/mol. The van der Waals surface area contributed by atoms with Crippen LogP contribution in [0.2, 0.25) is 0 Å². The molecule has 0 aromatic heterocycles. The maximum Gasteiger partial charge on any atom is 0.331 e. The largest absolute Gasteiger partial charge is 0.460 e. The van der Waals surface area contributed by atoms with Crippen LogP contribution in [-0.2, 0) is 14.3 Å². The molecule has 3 amide bonds. The Morgan fingerprint density at radius 2 is 2.00 bits per heavy atom. The lowest BCUT2D eigenvalue weighted by Gasteiger charge is -2.09. The van der Waals surface area contributed by atoms with Gasteiger partial charge in [-0.15, -0.1) is 0 Å². The number of nitrogens with one attached hydrogen (secondary N) is 1. The first-order chi connectivity index (χ1) is 7.45. The summed E-state index contributed by atoms with van der Waals surface area (Å²) in [7, 11) is 0. The van der Waals surface area contributed by atoms with Gasteiger partial charge in [0.25, 0.3) is 5.91 Å². The highest BCUT2D eigenvalue weighted by Crippen LogP contribution is 2.01. The van der Waals surface area contributed by atoms with E-state index in [0.29, 0.717) is 0 Å². The van der Waals surface area contributed by atoms with Crippen molar-refractivity contribution >= 4 is 17.9 Å². The van der Waals surface area contributed by atoms with Crippen molar-refractivity contribution in [2.45, 2.75) is 32.8 Å². The molecule has 0 fully saturated rings. The second-order valence-electron chi connectivity index (χ2n) is 3.22. The first-order valence-electron chi connectivity index (χ1n) is 4.94. The Kier molecular flexibility index (Phi) is 6.58. The number of esters is 1. The maximum absolute atomic E-state index is 11.1. The second-order valence-corrected chi connectivity index (χ2v) is 3.22. The molecule has 0 saturated carbocycles. The number of ether oxygens (including phenoxy) is 1. The van der Waals surface area contributed by atoms with E-state index in [4.69, 9.17) is 10.5 Å². The van der Waals surface area contributed by atoms with Gasteiger partial charge in [-0.2, -0.15) is 0 Å². The fraction of sp³-hybridized carbons (Fsp3) is 0.500. The second kappa shape index (κ2) is 7.44. The number of amides is 3. The monoisotopic (exact) mass is 228 g/mol. The lowest BCUT2D eigenvalue weighted by atomic mass is 10.2. The first-order valence-corrected chi connectivity index (χ1v) is 4.94. The molecule has 0 spiro atoms. The summed E-state index contributed by atoms with van der Waals surface area (Å²) >= 11 is 0. The number of rotatable bonds is 5. The topological polar surface area (TPSA) is 98.5 Å². The Labute approximate surface area is 93.8 Å². The van der Waals surface area contributed by atoms with E-state index in [9.17, 15) is 14.4 Å². The molecule has 0 aliphatic carbocycles. The molecule has 1 atom stereocenters. The molecule has 0 aromatic rings. The zero-order valence-electron chi connectivity index (χ0n) is 9.36. The summed E-state index contributed by atoms with van der Waals surface area (Å²) in [5, 5.41) is 1.78. The van der Waals surface area contributed by atoms with Gasteiger partial charge >= 0.3 is 12.0 Å². The van der Waals surface area contributed by atoms with E-state index >= 15 is 0 Å². The molecule has 90 valence electrons. The van der Waals surface area contributed by atoms with Gasteiger partial charge in [-0.3, -0.25) is 10.1 Å². The fourth-order valence-electron chi connectivity index (χ4n) is 1.01. The number of hydrogen-bond acceptors (Lipinski definition) is 4. The number of carbonyl (C=O) groups is 3. The molecule has 0 aromatic carbocycles. The van der Waals surface area contributed by atoms with E-state index in [-0.39, 0.29) is 6.10 Å². The molecule has 0 aliphatic rings. The highest BCUT2D eigenvalue weighted by atomic mass is 16.5. The third-order valence-electron chi connectivity index (χ3n) is 1.63. The summed E-state index contributed by atoms with van der Waals surface area (Å²) in [5.74, 6) is -1.38. The molecular formula is C10H16N2O4. The normalized spacial score (nSPS) is 12.1. The highest BCUT2D eigenvalue weighted by Gasteiger charge is 2.06. The van der Waals surface area contributed by atoms with Gasteiger partial charge in [-0.1, -0.05) is 13.3 Å². The third kappa shape index (κ3) is 7.54. The van der Waals surface area contributed by atoms with Gasteiger partial charge < -0.3 is 10.5 Å². The van der Waals surface area contributed by atoms with Crippen molar-refractivity contribution in [2.75, 3.05) is 0 Å². The summed E-state index contributed by atoms with van der Waals surface area (Å²) in [4.78, 5) is 32.2. The number of urea groups is 1. The lowest BCUT2D eigenvalue weighted by Crippen LogP contribution is -2.33. The van der Waals surface area contributed by atoms with Gasteiger partial charge in [0, 0.05) is 12.2 Å². The van der Waals surface area contributed by atoms with Crippen molar-refractivity contribution < 1.29 is 19.1 Å². The number of hydrogen-bond donors (Lipinski definition) is 2. The molecule has 0 radical (unpaired) electrons. The summed E-state index contributed by atoms with van der Waals surface area (Å²) in [5.41, 5.74) is 4.70. The summed E-state index contributed by atoms with van der Waals surface area (Å²) < 4.78 is 4.92. The SMILES string of the molecule is CCC[C@@H](C)OC(=O)/C=C/C(=O)NC(N)=O. The smallest absolute Gasteiger partial charge is 0.331 e. The molecule has 16 heavy (non-hydrogen) atoms. The minimum Gasteiger partial charge on any atom is -0.460 e. The van der Waals surface area contributed by atoms with Crippen LogP contribution in [0.5, 0.6) is 0 Å².